The van der Waals surface area contributed by atoms with Crippen molar-refractivity contribution < 1.29 is 9.84 Å². The molecule has 1 heterocycles. The van der Waals surface area contributed by atoms with Crippen LogP contribution in [0.5, 0.6) is 0 Å². The molecule has 1 fully saturated rings. The standard InChI is InChI=1S/C14H23BrN2O2/c1-13(2)4-6-14(18,7-5-13)12-11(15)10-16-17(12)8-9-19-3/h10,18H,4-9H2,1-3H3. The van der Waals surface area contributed by atoms with Gasteiger partial charge in [0.1, 0.15) is 5.60 Å². The number of hydrogen-bond acceptors (Lipinski definition) is 3. The topological polar surface area (TPSA) is 47.3 Å². The zero-order chi connectivity index (χ0) is 14.1. The van der Waals surface area contributed by atoms with Gasteiger partial charge in [-0.05, 0) is 47.0 Å². The third-order valence-corrected chi connectivity index (χ3v) is 4.75. The van der Waals surface area contributed by atoms with Gasteiger partial charge in [0.05, 0.1) is 29.5 Å². The predicted molar refractivity (Wildman–Crippen MR) is 77.9 cm³/mol. The summed E-state index contributed by atoms with van der Waals surface area (Å²) in [5.41, 5.74) is 0.467. The van der Waals surface area contributed by atoms with Crippen LogP contribution < -0.4 is 0 Å². The molecule has 0 radical (unpaired) electrons. The zero-order valence-corrected chi connectivity index (χ0v) is 13.5. The third kappa shape index (κ3) is 3.20. The molecule has 4 nitrogen and oxygen atoms in total. The molecule has 0 atom stereocenters. The second kappa shape index (κ2) is 5.54. The largest absolute Gasteiger partial charge is 0.384 e. The first-order valence-corrected chi connectivity index (χ1v) is 7.60. The van der Waals surface area contributed by atoms with Crippen molar-refractivity contribution in [2.45, 2.75) is 51.7 Å². The number of nitrogens with zero attached hydrogens (tertiary/aromatic N) is 2. The van der Waals surface area contributed by atoms with Crippen LogP contribution in [0.15, 0.2) is 10.7 Å². The molecule has 0 unspecified atom stereocenters. The molecule has 2 rings (SSSR count). The Hall–Kier alpha value is -0.390. The van der Waals surface area contributed by atoms with E-state index in [2.05, 4.69) is 34.9 Å². The van der Waals surface area contributed by atoms with Gasteiger partial charge < -0.3 is 9.84 Å². The van der Waals surface area contributed by atoms with E-state index in [9.17, 15) is 5.11 Å². The molecule has 1 aromatic heterocycles. The van der Waals surface area contributed by atoms with E-state index in [4.69, 9.17) is 4.74 Å². The van der Waals surface area contributed by atoms with Crippen molar-refractivity contribution in [2.24, 2.45) is 5.41 Å². The van der Waals surface area contributed by atoms with E-state index in [0.717, 1.165) is 35.8 Å². The minimum atomic E-state index is -0.765. The van der Waals surface area contributed by atoms with Gasteiger partial charge in [0, 0.05) is 7.11 Å². The highest BCUT2D eigenvalue weighted by Crippen LogP contribution is 2.46. The van der Waals surface area contributed by atoms with Crippen LogP contribution in [0.4, 0.5) is 0 Å². The molecule has 0 bridgehead atoms. The van der Waals surface area contributed by atoms with Gasteiger partial charge >= 0.3 is 0 Å². The van der Waals surface area contributed by atoms with E-state index >= 15 is 0 Å². The minimum Gasteiger partial charge on any atom is -0.384 e. The van der Waals surface area contributed by atoms with Crippen molar-refractivity contribution in [2.75, 3.05) is 13.7 Å². The molecule has 1 saturated carbocycles. The maximum atomic E-state index is 11.0. The van der Waals surface area contributed by atoms with Gasteiger partial charge in [-0.2, -0.15) is 5.10 Å². The molecule has 0 amide bonds. The lowest BCUT2D eigenvalue weighted by molar-refractivity contribution is -0.0385. The van der Waals surface area contributed by atoms with Crippen LogP contribution in [0.1, 0.15) is 45.2 Å². The summed E-state index contributed by atoms with van der Waals surface area (Å²) < 4.78 is 7.87. The molecule has 0 spiro atoms. The van der Waals surface area contributed by atoms with Gasteiger partial charge in [-0.15, -0.1) is 0 Å². The zero-order valence-electron chi connectivity index (χ0n) is 11.9. The summed E-state index contributed by atoms with van der Waals surface area (Å²) in [7, 11) is 1.68. The van der Waals surface area contributed by atoms with Crippen molar-refractivity contribution in [1.82, 2.24) is 9.78 Å². The Kier molecular flexibility index (Phi) is 4.38. The molecule has 1 aliphatic rings. The van der Waals surface area contributed by atoms with Crippen molar-refractivity contribution in [3.8, 4) is 0 Å². The number of aliphatic hydroxyl groups is 1. The molecule has 1 aromatic rings. The van der Waals surface area contributed by atoms with Crippen LogP contribution >= 0.6 is 15.9 Å². The summed E-state index contributed by atoms with van der Waals surface area (Å²) in [6, 6.07) is 0. The van der Waals surface area contributed by atoms with Crippen molar-refractivity contribution in [3.63, 3.8) is 0 Å². The molecule has 108 valence electrons. The molecule has 5 heteroatoms. The maximum absolute atomic E-state index is 11.0. The summed E-state index contributed by atoms with van der Waals surface area (Å²) in [6.07, 6.45) is 5.41. The van der Waals surface area contributed by atoms with Gasteiger partial charge in [-0.25, -0.2) is 0 Å². The van der Waals surface area contributed by atoms with Crippen LogP contribution in [0.25, 0.3) is 0 Å². The van der Waals surface area contributed by atoms with Gasteiger partial charge in [0.25, 0.3) is 0 Å². The fourth-order valence-electron chi connectivity index (χ4n) is 2.75. The predicted octanol–water partition coefficient (Wildman–Crippen LogP) is 3.08. The number of ether oxygens (including phenoxy) is 1. The van der Waals surface area contributed by atoms with Crippen LogP contribution in [0.2, 0.25) is 0 Å². The average Bonchev–Trinajstić information content (AvgIpc) is 2.73. The molecule has 0 saturated heterocycles. The van der Waals surface area contributed by atoms with E-state index < -0.39 is 5.60 Å². The van der Waals surface area contributed by atoms with Crippen LogP contribution in [0.3, 0.4) is 0 Å². The van der Waals surface area contributed by atoms with E-state index in [0.29, 0.717) is 18.6 Å². The first-order chi connectivity index (χ1) is 8.88. The molecule has 0 aromatic carbocycles. The maximum Gasteiger partial charge on any atom is 0.107 e. The normalized spacial score (nSPS) is 21.5. The van der Waals surface area contributed by atoms with Crippen LogP contribution in [0, 0.1) is 5.41 Å². The second-order valence-corrected chi connectivity index (χ2v) is 7.11. The Bertz CT molecular complexity index is 433. The molecular formula is C14H23BrN2O2. The average molecular weight is 331 g/mol. The molecule has 1 aliphatic carbocycles. The van der Waals surface area contributed by atoms with Crippen LogP contribution in [-0.4, -0.2) is 28.6 Å². The first-order valence-electron chi connectivity index (χ1n) is 6.81. The van der Waals surface area contributed by atoms with E-state index in [1.165, 1.54) is 0 Å². The summed E-state index contributed by atoms with van der Waals surface area (Å²) >= 11 is 3.52. The minimum absolute atomic E-state index is 0.329. The van der Waals surface area contributed by atoms with Gasteiger partial charge in [0.2, 0.25) is 0 Å². The highest BCUT2D eigenvalue weighted by Gasteiger charge is 2.41. The van der Waals surface area contributed by atoms with Gasteiger partial charge in [0.15, 0.2) is 0 Å². The Morgan fingerprint density at radius 3 is 2.58 bits per heavy atom. The Morgan fingerprint density at radius 1 is 1.37 bits per heavy atom. The van der Waals surface area contributed by atoms with Crippen molar-refractivity contribution >= 4 is 15.9 Å². The van der Waals surface area contributed by atoms with E-state index in [1.54, 1.807) is 13.3 Å². The third-order valence-electron chi connectivity index (χ3n) is 4.17. The smallest absolute Gasteiger partial charge is 0.107 e. The first kappa shape index (κ1) is 15.0. The fraction of sp³-hybridized carbons (Fsp3) is 0.786. The van der Waals surface area contributed by atoms with E-state index in [1.807, 2.05) is 4.68 Å². The van der Waals surface area contributed by atoms with Gasteiger partial charge in [-0.3, -0.25) is 4.68 Å². The Morgan fingerprint density at radius 2 is 2.00 bits per heavy atom. The lowest BCUT2D eigenvalue weighted by Gasteiger charge is -2.40. The summed E-state index contributed by atoms with van der Waals surface area (Å²) in [6.45, 7) is 5.81. The Balaban J connectivity index is 2.23. The monoisotopic (exact) mass is 330 g/mol. The molecular weight excluding hydrogens is 308 g/mol. The second-order valence-electron chi connectivity index (χ2n) is 6.25. The van der Waals surface area contributed by atoms with Gasteiger partial charge in [-0.1, -0.05) is 13.8 Å². The molecule has 19 heavy (non-hydrogen) atoms. The summed E-state index contributed by atoms with van der Waals surface area (Å²) in [5, 5.41) is 15.3. The summed E-state index contributed by atoms with van der Waals surface area (Å²) in [5.74, 6) is 0. The fourth-order valence-corrected chi connectivity index (χ4v) is 3.41. The van der Waals surface area contributed by atoms with Crippen molar-refractivity contribution in [3.05, 3.63) is 16.4 Å². The number of hydrogen-bond donors (Lipinski definition) is 1. The SMILES string of the molecule is COCCn1ncc(Br)c1C1(O)CCC(C)(C)CC1. The highest BCUT2D eigenvalue weighted by atomic mass is 79.9. The number of methoxy groups -OCH3 is 1. The number of aromatic nitrogens is 2. The molecule has 0 aliphatic heterocycles. The van der Waals surface area contributed by atoms with Crippen molar-refractivity contribution in [1.29, 1.82) is 0 Å². The summed E-state index contributed by atoms with van der Waals surface area (Å²) in [4.78, 5) is 0. The number of halogens is 1. The van der Waals surface area contributed by atoms with Crippen LogP contribution in [-0.2, 0) is 16.9 Å². The quantitative estimate of drug-likeness (QED) is 0.922. The lowest BCUT2D eigenvalue weighted by Crippen LogP contribution is -2.37. The number of rotatable bonds is 4. The molecule has 1 N–H and O–H groups in total. The highest BCUT2D eigenvalue weighted by molar-refractivity contribution is 9.10. The Labute approximate surface area is 123 Å². The van der Waals surface area contributed by atoms with E-state index in [-0.39, 0.29) is 0 Å². The lowest BCUT2D eigenvalue weighted by atomic mass is 9.70.